The molecule has 7 heteroatoms. The summed E-state index contributed by atoms with van der Waals surface area (Å²) in [5.74, 6) is -0.969. The summed E-state index contributed by atoms with van der Waals surface area (Å²) >= 11 is 0. The van der Waals surface area contributed by atoms with Crippen LogP contribution in [0.4, 0.5) is 5.69 Å². The smallest absolute Gasteiger partial charge is 0.337 e. The Balaban J connectivity index is 2.30. The molecule has 7 nitrogen and oxygen atoms in total. The zero-order valence-corrected chi connectivity index (χ0v) is 10.4. The van der Waals surface area contributed by atoms with Crippen LogP contribution in [0.3, 0.4) is 0 Å². The van der Waals surface area contributed by atoms with E-state index < -0.39 is 10.9 Å². The molecular weight excluding hydrogens is 264 g/mol. The second-order valence-electron chi connectivity index (χ2n) is 4.02. The van der Waals surface area contributed by atoms with Crippen molar-refractivity contribution in [2.75, 3.05) is 0 Å². The molecule has 0 unspecified atom stereocenters. The zero-order chi connectivity index (χ0) is 14.7. The van der Waals surface area contributed by atoms with E-state index in [1.54, 1.807) is 13.0 Å². The lowest BCUT2D eigenvalue weighted by Crippen LogP contribution is -1.98. The Morgan fingerprint density at radius 2 is 2.10 bits per heavy atom. The number of rotatable bonds is 4. The molecule has 0 aliphatic rings. The molecule has 1 N–H and O–H groups in total. The number of ether oxygens (including phenoxy) is 1. The van der Waals surface area contributed by atoms with Crippen molar-refractivity contribution in [3.05, 3.63) is 57.8 Å². The summed E-state index contributed by atoms with van der Waals surface area (Å²) in [6.07, 6.45) is 1.12. The minimum Gasteiger partial charge on any atom is -0.478 e. The van der Waals surface area contributed by atoms with Crippen LogP contribution in [-0.2, 0) is 0 Å². The number of carboxylic acid groups (broad SMARTS) is 1. The summed E-state index contributed by atoms with van der Waals surface area (Å²) in [7, 11) is 0. The van der Waals surface area contributed by atoms with E-state index in [1.807, 2.05) is 0 Å². The number of hydrogen-bond acceptors (Lipinski definition) is 5. The van der Waals surface area contributed by atoms with Gasteiger partial charge in [0, 0.05) is 18.3 Å². The summed E-state index contributed by atoms with van der Waals surface area (Å²) in [6.45, 7) is 1.73. The van der Waals surface area contributed by atoms with Crippen molar-refractivity contribution in [1.82, 2.24) is 4.98 Å². The number of carbonyl (C=O) groups is 1. The highest BCUT2D eigenvalue weighted by atomic mass is 16.6. The van der Waals surface area contributed by atoms with Gasteiger partial charge in [0.1, 0.15) is 0 Å². The average Bonchev–Trinajstić information content (AvgIpc) is 2.41. The average molecular weight is 274 g/mol. The number of carboxylic acids is 1. The van der Waals surface area contributed by atoms with Crippen LogP contribution in [0.1, 0.15) is 15.9 Å². The molecular formula is C13H10N2O5. The topological polar surface area (TPSA) is 103 Å². The number of aromatic carboxylic acids is 1. The van der Waals surface area contributed by atoms with Crippen molar-refractivity contribution in [3.8, 4) is 11.6 Å². The maximum Gasteiger partial charge on any atom is 0.337 e. The molecule has 0 atom stereocenters. The summed E-state index contributed by atoms with van der Waals surface area (Å²) in [5, 5.41) is 19.7. The standard InChI is InChI=1S/C13H10N2O5/c1-8-2-4-11(10(6-8)15(18)19)20-12-5-3-9(7-14-12)13(16)17/h2-7H,1H3,(H,16,17). The number of nitro benzene ring substituents is 1. The Morgan fingerprint density at radius 3 is 2.65 bits per heavy atom. The summed E-state index contributed by atoms with van der Waals surface area (Å²) in [5.41, 5.74) is 0.572. The lowest BCUT2D eigenvalue weighted by atomic mass is 10.2. The fraction of sp³-hybridized carbons (Fsp3) is 0.0769. The van der Waals surface area contributed by atoms with Crippen LogP contribution in [0.2, 0.25) is 0 Å². The van der Waals surface area contributed by atoms with Crippen LogP contribution in [0.15, 0.2) is 36.5 Å². The van der Waals surface area contributed by atoms with E-state index in [4.69, 9.17) is 9.84 Å². The Morgan fingerprint density at radius 1 is 1.35 bits per heavy atom. The molecule has 0 spiro atoms. The molecule has 0 bridgehead atoms. The third kappa shape index (κ3) is 2.89. The molecule has 0 saturated heterocycles. The van der Waals surface area contributed by atoms with E-state index in [0.29, 0.717) is 0 Å². The monoisotopic (exact) mass is 274 g/mol. The predicted molar refractivity (Wildman–Crippen MR) is 69.1 cm³/mol. The van der Waals surface area contributed by atoms with Gasteiger partial charge in [0.25, 0.3) is 0 Å². The molecule has 1 aromatic heterocycles. The van der Waals surface area contributed by atoms with Crippen LogP contribution in [0.25, 0.3) is 0 Å². The van der Waals surface area contributed by atoms with Gasteiger partial charge in [-0.15, -0.1) is 0 Å². The van der Waals surface area contributed by atoms with E-state index >= 15 is 0 Å². The minimum absolute atomic E-state index is 0.00996. The number of hydrogen-bond donors (Lipinski definition) is 1. The molecule has 0 radical (unpaired) electrons. The Hall–Kier alpha value is -2.96. The van der Waals surface area contributed by atoms with Gasteiger partial charge >= 0.3 is 11.7 Å². The van der Waals surface area contributed by atoms with Crippen LogP contribution in [0.5, 0.6) is 11.6 Å². The van der Waals surface area contributed by atoms with Gasteiger partial charge in [-0.05, 0) is 24.6 Å². The lowest BCUT2D eigenvalue weighted by molar-refractivity contribution is -0.385. The third-order valence-electron chi connectivity index (χ3n) is 2.51. The highest BCUT2D eigenvalue weighted by Crippen LogP contribution is 2.31. The van der Waals surface area contributed by atoms with E-state index in [-0.39, 0.29) is 22.9 Å². The third-order valence-corrected chi connectivity index (χ3v) is 2.51. The predicted octanol–water partition coefficient (Wildman–Crippen LogP) is 2.79. The second kappa shape index (κ2) is 5.35. The van der Waals surface area contributed by atoms with Crippen molar-refractivity contribution < 1.29 is 19.6 Å². The van der Waals surface area contributed by atoms with Crippen LogP contribution >= 0.6 is 0 Å². The maximum absolute atomic E-state index is 10.9. The minimum atomic E-state index is -1.11. The van der Waals surface area contributed by atoms with Gasteiger partial charge in [-0.3, -0.25) is 10.1 Å². The van der Waals surface area contributed by atoms with Crippen molar-refractivity contribution in [3.63, 3.8) is 0 Å². The van der Waals surface area contributed by atoms with Gasteiger partial charge in [0.2, 0.25) is 11.6 Å². The first-order valence-electron chi connectivity index (χ1n) is 5.59. The number of benzene rings is 1. The summed E-state index contributed by atoms with van der Waals surface area (Å²) in [6, 6.07) is 7.19. The van der Waals surface area contributed by atoms with E-state index in [9.17, 15) is 14.9 Å². The van der Waals surface area contributed by atoms with Gasteiger partial charge in [-0.25, -0.2) is 9.78 Å². The number of pyridine rings is 1. The lowest BCUT2D eigenvalue weighted by Gasteiger charge is -2.06. The van der Waals surface area contributed by atoms with E-state index in [0.717, 1.165) is 11.8 Å². The zero-order valence-electron chi connectivity index (χ0n) is 10.4. The maximum atomic E-state index is 10.9. The molecule has 0 aliphatic carbocycles. The Kier molecular flexibility index (Phi) is 3.60. The van der Waals surface area contributed by atoms with Crippen molar-refractivity contribution in [2.45, 2.75) is 6.92 Å². The van der Waals surface area contributed by atoms with Gasteiger partial charge in [-0.2, -0.15) is 0 Å². The molecule has 1 aromatic carbocycles. The largest absolute Gasteiger partial charge is 0.478 e. The second-order valence-corrected chi connectivity index (χ2v) is 4.02. The number of aryl methyl sites for hydroxylation is 1. The van der Waals surface area contributed by atoms with Gasteiger partial charge in [0.15, 0.2) is 0 Å². The molecule has 0 saturated carbocycles. The first-order valence-corrected chi connectivity index (χ1v) is 5.59. The van der Waals surface area contributed by atoms with Crippen LogP contribution in [-0.4, -0.2) is 21.0 Å². The molecule has 0 fully saturated rings. The number of nitrogens with zero attached hydrogens (tertiary/aromatic N) is 2. The molecule has 2 aromatic rings. The fourth-order valence-corrected chi connectivity index (χ4v) is 1.54. The normalized spacial score (nSPS) is 10.1. The first kappa shape index (κ1) is 13.5. The fourth-order valence-electron chi connectivity index (χ4n) is 1.54. The van der Waals surface area contributed by atoms with E-state index in [1.165, 1.54) is 24.3 Å². The molecule has 1 heterocycles. The summed E-state index contributed by atoms with van der Waals surface area (Å²) < 4.78 is 5.31. The van der Waals surface area contributed by atoms with Crippen LogP contribution in [0, 0.1) is 17.0 Å². The number of nitro groups is 1. The molecule has 20 heavy (non-hydrogen) atoms. The van der Waals surface area contributed by atoms with Crippen molar-refractivity contribution in [1.29, 1.82) is 0 Å². The number of aromatic nitrogens is 1. The van der Waals surface area contributed by atoms with Gasteiger partial charge in [0.05, 0.1) is 10.5 Å². The van der Waals surface area contributed by atoms with Crippen LogP contribution < -0.4 is 4.74 Å². The Bertz CT molecular complexity index is 667. The van der Waals surface area contributed by atoms with Crippen molar-refractivity contribution >= 4 is 11.7 Å². The molecule has 102 valence electrons. The van der Waals surface area contributed by atoms with E-state index in [2.05, 4.69) is 4.98 Å². The molecule has 2 rings (SSSR count). The summed E-state index contributed by atoms with van der Waals surface area (Å²) in [4.78, 5) is 24.9. The molecule has 0 aliphatic heterocycles. The highest BCUT2D eigenvalue weighted by molar-refractivity contribution is 5.87. The highest BCUT2D eigenvalue weighted by Gasteiger charge is 2.16. The quantitative estimate of drug-likeness (QED) is 0.679. The first-order chi connectivity index (χ1) is 9.47. The van der Waals surface area contributed by atoms with Crippen molar-refractivity contribution in [2.24, 2.45) is 0 Å². The van der Waals surface area contributed by atoms with Gasteiger partial charge < -0.3 is 9.84 Å². The van der Waals surface area contributed by atoms with Gasteiger partial charge in [-0.1, -0.05) is 6.07 Å². The molecule has 0 amide bonds. The SMILES string of the molecule is Cc1ccc(Oc2ccc(C(=O)O)cn2)c([N+](=O)[O-])c1. The Labute approximate surface area is 113 Å².